The van der Waals surface area contributed by atoms with E-state index in [1.54, 1.807) is 9.80 Å². The van der Waals surface area contributed by atoms with E-state index in [9.17, 15) is 14.4 Å². The van der Waals surface area contributed by atoms with Gasteiger partial charge in [-0.3, -0.25) is 14.4 Å². The summed E-state index contributed by atoms with van der Waals surface area (Å²) in [7, 11) is 0. The molecule has 0 aromatic heterocycles. The Morgan fingerprint density at radius 2 is 1.70 bits per heavy atom. The predicted octanol–water partition coefficient (Wildman–Crippen LogP) is 2.88. The van der Waals surface area contributed by atoms with Crippen molar-refractivity contribution in [3.63, 3.8) is 0 Å². The van der Waals surface area contributed by atoms with Crippen LogP contribution in [0, 0.1) is 11.8 Å². The van der Waals surface area contributed by atoms with Crippen LogP contribution in [0.5, 0.6) is 0 Å². The Bertz CT molecular complexity index is 705. The molecule has 1 unspecified atom stereocenters. The molecule has 1 aromatic carbocycles. The Morgan fingerprint density at radius 1 is 1.07 bits per heavy atom. The summed E-state index contributed by atoms with van der Waals surface area (Å²) in [5.41, 5.74) is 2.07. The number of carbonyl (C=O) groups is 3. The lowest BCUT2D eigenvalue weighted by atomic mass is 9.92. The zero-order valence-electron chi connectivity index (χ0n) is 16.1. The first-order valence-electron chi connectivity index (χ1n) is 9.78. The quantitative estimate of drug-likeness (QED) is 0.806. The summed E-state index contributed by atoms with van der Waals surface area (Å²) in [6.07, 6.45) is 2.09. The fraction of sp³-hybridized carbons (Fsp3) is 0.571. The molecule has 2 aliphatic rings. The van der Waals surface area contributed by atoms with Gasteiger partial charge in [-0.25, -0.2) is 0 Å². The summed E-state index contributed by atoms with van der Waals surface area (Å²) in [4.78, 5) is 39.9. The molecule has 0 spiro atoms. The molecule has 1 atom stereocenters. The van der Waals surface area contributed by atoms with E-state index in [0.717, 1.165) is 5.69 Å². The topological polar surface area (TPSA) is 77.9 Å². The Hall–Kier alpha value is -2.37. The van der Waals surface area contributed by atoms with Gasteiger partial charge in [0.15, 0.2) is 0 Å². The van der Waals surface area contributed by atoms with Gasteiger partial charge >= 0.3 is 5.97 Å². The first-order valence-corrected chi connectivity index (χ1v) is 9.78. The van der Waals surface area contributed by atoms with Crippen molar-refractivity contribution in [2.24, 2.45) is 11.8 Å². The number of benzene rings is 1. The fourth-order valence-corrected chi connectivity index (χ4v) is 4.03. The van der Waals surface area contributed by atoms with Crippen LogP contribution in [0.4, 0.5) is 5.69 Å². The summed E-state index contributed by atoms with van der Waals surface area (Å²) in [5.74, 6) is -1.05. The van der Waals surface area contributed by atoms with Crippen molar-refractivity contribution in [3.05, 3.63) is 29.8 Å². The first-order chi connectivity index (χ1) is 12.9. The number of anilines is 1. The van der Waals surface area contributed by atoms with Gasteiger partial charge in [0.2, 0.25) is 11.8 Å². The SMILES string of the molecule is CC(C)c1ccc(N2CCC(C(=O)N3CCC(CC(=O)O)CC3)C2=O)cc1. The van der Waals surface area contributed by atoms with Crippen LogP contribution in [0.15, 0.2) is 24.3 Å². The van der Waals surface area contributed by atoms with Gasteiger partial charge in [-0.1, -0.05) is 26.0 Å². The van der Waals surface area contributed by atoms with E-state index in [0.29, 0.717) is 44.8 Å². The van der Waals surface area contributed by atoms with E-state index in [2.05, 4.69) is 13.8 Å². The minimum Gasteiger partial charge on any atom is -0.481 e. The Morgan fingerprint density at radius 3 is 2.26 bits per heavy atom. The summed E-state index contributed by atoms with van der Waals surface area (Å²) in [6, 6.07) is 7.99. The lowest BCUT2D eigenvalue weighted by Gasteiger charge is -2.32. The third kappa shape index (κ3) is 4.31. The minimum atomic E-state index is -0.787. The number of likely N-dealkylation sites (tertiary alicyclic amines) is 1. The number of nitrogens with zero attached hydrogens (tertiary/aromatic N) is 2. The summed E-state index contributed by atoms with van der Waals surface area (Å²) in [5, 5.41) is 8.90. The maximum Gasteiger partial charge on any atom is 0.303 e. The molecular formula is C21H28N2O4. The molecule has 0 saturated carbocycles. The van der Waals surface area contributed by atoms with Gasteiger partial charge in [0, 0.05) is 31.7 Å². The number of carboxylic acids is 1. The molecule has 0 bridgehead atoms. The van der Waals surface area contributed by atoms with Crippen LogP contribution >= 0.6 is 0 Å². The van der Waals surface area contributed by atoms with Crippen molar-refractivity contribution in [3.8, 4) is 0 Å². The number of aliphatic carboxylic acids is 1. The van der Waals surface area contributed by atoms with Crippen molar-refractivity contribution < 1.29 is 19.5 Å². The number of carboxylic acid groups (broad SMARTS) is 1. The van der Waals surface area contributed by atoms with Gasteiger partial charge in [0.05, 0.1) is 0 Å². The van der Waals surface area contributed by atoms with E-state index in [-0.39, 0.29) is 24.2 Å². The molecule has 2 fully saturated rings. The molecule has 1 N–H and O–H groups in total. The minimum absolute atomic E-state index is 0.102. The molecule has 6 nitrogen and oxygen atoms in total. The molecule has 3 rings (SSSR count). The molecule has 2 amide bonds. The molecule has 1 aromatic rings. The van der Waals surface area contributed by atoms with Gasteiger partial charge in [-0.15, -0.1) is 0 Å². The lowest BCUT2D eigenvalue weighted by Crippen LogP contribution is -2.44. The van der Waals surface area contributed by atoms with Crippen molar-refractivity contribution in [1.82, 2.24) is 4.90 Å². The molecule has 146 valence electrons. The average Bonchev–Trinajstić information content (AvgIpc) is 3.03. The predicted molar refractivity (Wildman–Crippen MR) is 103 cm³/mol. The molecule has 6 heteroatoms. The number of rotatable bonds is 5. The highest BCUT2D eigenvalue weighted by molar-refractivity contribution is 6.09. The van der Waals surface area contributed by atoms with Gasteiger partial charge in [-0.05, 0) is 48.8 Å². The number of hydrogen-bond donors (Lipinski definition) is 1. The molecule has 27 heavy (non-hydrogen) atoms. The van der Waals surface area contributed by atoms with Crippen molar-refractivity contribution in [2.75, 3.05) is 24.5 Å². The number of amides is 2. The Labute approximate surface area is 160 Å². The van der Waals surface area contributed by atoms with Gasteiger partial charge in [0.1, 0.15) is 5.92 Å². The highest BCUT2D eigenvalue weighted by atomic mass is 16.4. The maximum atomic E-state index is 12.8. The van der Waals surface area contributed by atoms with Crippen LogP contribution in [-0.4, -0.2) is 47.4 Å². The molecule has 2 heterocycles. The third-order valence-corrected chi connectivity index (χ3v) is 5.76. The first kappa shape index (κ1) is 19.4. The van der Waals surface area contributed by atoms with Crippen molar-refractivity contribution in [2.45, 2.75) is 45.4 Å². The summed E-state index contributed by atoms with van der Waals surface area (Å²) >= 11 is 0. The third-order valence-electron chi connectivity index (χ3n) is 5.76. The normalized spacial score (nSPS) is 21.1. The second kappa shape index (κ2) is 8.11. The van der Waals surface area contributed by atoms with Crippen LogP contribution in [0.3, 0.4) is 0 Å². The van der Waals surface area contributed by atoms with E-state index >= 15 is 0 Å². The van der Waals surface area contributed by atoms with Gasteiger partial charge in [0.25, 0.3) is 0 Å². The summed E-state index contributed by atoms with van der Waals surface area (Å²) < 4.78 is 0. The number of hydrogen-bond acceptors (Lipinski definition) is 3. The van der Waals surface area contributed by atoms with Crippen LogP contribution in [-0.2, 0) is 14.4 Å². The molecule has 0 radical (unpaired) electrons. The van der Waals surface area contributed by atoms with Gasteiger partial charge < -0.3 is 14.9 Å². The largest absolute Gasteiger partial charge is 0.481 e. The fourth-order valence-electron chi connectivity index (χ4n) is 4.03. The zero-order chi connectivity index (χ0) is 19.6. The smallest absolute Gasteiger partial charge is 0.303 e. The molecule has 0 aliphatic carbocycles. The van der Waals surface area contributed by atoms with Crippen LogP contribution in [0.25, 0.3) is 0 Å². The van der Waals surface area contributed by atoms with Gasteiger partial charge in [-0.2, -0.15) is 0 Å². The van der Waals surface area contributed by atoms with Crippen molar-refractivity contribution in [1.29, 1.82) is 0 Å². The maximum absolute atomic E-state index is 12.8. The van der Waals surface area contributed by atoms with Crippen LogP contribution in [0.2, 0.25) is 0 Å². The number of piperidine rings is 1. The summed E-state index contributed by atoms with van der Waals surface area (Å²) in [6.45, 7) is 5.91. The highest BCUT2D eigenvalue weighted by Crippen LogP contribution is 2.29. The van der Waals surface area contributed by atoms with Crippen LogP contribution < -0.4 is 4.90 Å². The zero-order valence-corrected chi connectivity index (χ0v) is 16.1. The lowest BCUT2D eigenvalue weighted by molar-refractivity contribution is -0.141. The standard InChI is InChI=1S/C21H28N2O4/c1-14(2)16-3-5-17(6-4-16)23-12-9-18(21(23)27)20(26)22-10-7-15(8-11-22)13-19(24)25/h3-6,14-15,18H,7-13H2,1-2H3,(H,24,25). The average molecular weight is 372 g/mol. The monoisotopic (exact) mass is 372 g/mol. The van der Waals surface area contributed by atoms with Crippen molar-refractivity contribution >= 4 is 23.5 Å². The van der Waals surface area contributed by atoms with Crippen LogP contribution in [0.1, 0.15) is 51.0 Å². The highest BCUT2D eigenvalue weighted by Gasteiger charge is 2.40. The Balaban J connectivity index is 1.59. The van der Waals surface area contributed by atoms with E-state index in [1.165, 1.54) is 5.56 Å². The molecular weight excluding hydrogens is 344 g/mol. The second-order valence-electron chi connectivity index (χ2n) is 7.94. The molecule has 2 saturated heterocycles. The Kier molecular flexibility index (Phi) is 5.82. The van der Waals surface area contributed by atoms with E-state index < -0.39 is 11.9 Å². The molecule has 2 aliphatic heterocycles. The number of carbonyl (C=O) groups excluding carboxylic acids is 2. The van der Waals surface area contributed by atoms with E-state index in [1.807, 2.05) is 24.3 Å². The van der Waals surface area contributed by atoms with E-state index in [4.69, 9.17) is 5.11 Å². The second-order valence-corrected chi connectivity index (χ2v) is 7.94.